The Balaban J connectivity index is 1.03. The van der Waals surface area contributed by atoms with Gasteiger partial charge in [-0.25, -0.2) is 9.97 Å². The Morgan fingerprint density at radius 2 is 0.911 bits per heavy atom. The molecule has 56 heavy (non-hydrogen) atoms. The minimum atomic E-state index is -0.560. The third kappa shape index (κ3) is 4.34. The molecule has 2 heterocycles. The summed E-state index contributed by atoms with van der Waals surface area (Å²) >= 11 is 0. The minimum Gasteiger partial charge on any atom is -0.455 e. The van der Waals surface area contributed by atoms with Crippen LogP contribution in [0.25, 0.3) is 77.3 Å². The molecule has 1 spiro atoms. The number of nitrogens with zero attached hydrogens (tertiary/aromatic N) is 2. The molecule has 0 amide bonds. The van der Waals surface area contributed by atoms with E-state index in [0.717, 1.165) is 66.9 Å². The Morgan fingerprint density at radius 1 is 0.357 bits per heavy atom. The van der Waals surface area contributed by atoms with E-state index < -0.39 is 5.41 Å². The first kappa shape index (κ1) is 31.0. The molecule has 2 aliphatic rings. The van der Waals surface area contributed by atoms with E-state index in [-0.39, 0.29) is 0 Å². The lowest BCUT2D eigenvalue weighted by molar-refractivity contribution is 0.447. The number of fused-ring (bicyclic) bond motifs is 14. The van der Waals surface area contributed by atoms with Crippen molar-refractivity contribution >= 4 is 32.4 Å². The summed E-state index contributed by atoms with van der Waals surface area (Å²) in [6.07, 6.45) is 0. The lowest BCUT2D eigenvalue weighted by Crippen LogP contribution is -2.32. The van der Waals surface area contributed by atoms with Gasteiger partial charge in [0.05, 0.1) is 16.6 Å². The summed E-state index contributed by atoms with van der Waals surface area (Å²) in [6, 6.07) is 69.6. The number of aromatic nitrogens is 2. The maximum atomic E-state index is 7.11. The molecule has 1 aromatic heterocycles. The van der Waals surface area contributed by atoms with Crippen LogP contribution in [0.15, 0.2) is 194 Å². The quantitative estimate of drug-likeness (QED) is 0.183. The number of benzene rings is 9. The minimum absolute atomic E-state index is 0.560. The van der Waals surface area contributed by atoms with Crippen LogP contribution in [0.3, 0.4) is 0 Å². The maximum Gasteiger partial charge on any atom is 0.160 e. The summed E-state index contributed by atoms with van der Waals surface area (Å²) in [4.78, 5) is 10.1. The van der Waals surface area contributed by atoms with Gasteiger partial charge in [0.2, 0.25) is 0 Å². The summed E-state index contributed by atoms with van der Waals surface area (Å²) in [7, 11) is 0. The number of para-hydroxylation sites is 1. The van der Waals surface area contributed by atoms with Crippen molar-refractivity contribution in [1.82, 2.24) is 9.97 Å². The SMILES string of the molecule is c1ccc(-c2nc(-c3ccc(-c4ccc5c(c4)-c4ccccc4C54c5ccc6ccccc6c5Oc5c4ccc4ccccc54)cc3)nc3ccccc23)cc1. The van der Waals surface area contributed by atoms with E-state index in [1.165, 1.54) is 44.2 Å². The predicted octanol–water partition coefficient (Wildman–Crippen LogP) is 13.4. The molecule has 3 heteroatoms. The summed E-state index contributed by atoms with van der Waals surface area (Å²) in [6.45, 7) is 0. The summed E-state index contributed by atoms with van der Waals surface area (Å²) in [5.74, 6) is 2.58. The number of hydrogen-bond acceptors (Lipinski definition) is 3. The molecule has 0 saturated carbocycles. The molecule has 0 fully saturated rings. The van der Waals surface area contributed by atoms with Gasteiger partial charge in [-0.05, 0) is 56.3 Å². The molecule has 0 radical (unpaired) electrons. The van der Waals surface area contributed by atoms with Gasteiger partial charge in [-0.3, -0.25) is 0 Å². The summed E-state index contributed by atoms with van der Waals surface area (Å²) in [5, 5.41) is 5.63. The molecule has 0 bridgehead atoms. The highest BCUT2D eigenvalue weighted by molar-refractivity contribution is 6.00. The van der Waals surface area contributed by atoms with E-state index in [0.29, 0.717) is 0 Å². The van der Waals surface area contributed by atoms with E-state index in [1.54, 1.807) is 0 Å². The van der Waals surface area contributed by atoms with Crippen LogP contribution in [0.5, 0.6) is 11.5 Å². The van der Waals surface area contributed by atoms with Crippen LogP contribution in [0.4, 0.5) is 0 Å². The molecular weight excluding hydrogens is 681 g/mol. The van der Waals surface area contributed by atoms with Gasteiger partial charge in [0, 0.05) is 38.4 Å². The second kappa shape index (κ2) is 11.8. The molecule has 0 atom stereocenters. The van der Waals surface area contributed by atoms with E-state index in [4.69, 9.17) is 14.7 Å². The van der Waals surface area contributed by atoms with Gasteiger partial charge < -0.3 is 4.74 Å². The molecule has 3 nitrogen and oxygen atoms in total. The van der Waals surface area contributed by atoms with E-state index in [1.807, 2.05) is 18.2 Å². The topological polar surface area (TPSA) is 35.0 Å². The second-order valence-electron chi connectivity index (χ2n) is 14.8. The molecule has 0 saturated heterocycles. The van der Waals surface area contributed by atoms with E-state index in [9.17, 15) is 0 Å². The highest BCUT2D eigenvalue weighted by Crippen LogP contribution is 2.64. The van der Waals surface area contributed by atoms with Gasteiger partial charge in [-0.2, -0.15) is 0 Å². The first-order valence-corrected chi connectivity index (χ1v) is 19.2. The Hall–Kier alpha value is -7.36. The fourth-order valence-corrected chi connectivity index (χ4v) is 9.42. The van der Waals surface area contributed by atoms with Crippen molar-refractivity contribution in [1.29, 1.82) is 0 Å². The van der Waals surface area contributed by atoms with Crippen molar-refractivity contribution in [2.75, 3.05) is 0 Å². The van der Waals surface area contributed by atoms with Crippen molar-refractivity contribution in [3.05, 3.63) is 216 Å². The highest BCUT2D eigenvalue weighted by atomic mass is 16.5. The van der Waals surface area contributed by atoms with Crippen LogP contribution in [0.2, 0.25) is 0 Å². The van der Waals surface area contributed by atoms with Crippen molar-refractivity contribution in [3.8, 4) is 56.4 Å². The first-order valence-electron chi connectivity index (χ1n) is 19.2. The van der Waals surface area contributed by atoms with Gasteiger partial charge >= 0.3 is 0 Å². The Labute approximate surface area is 324 Å². The summed E-state index contributed by atoms with van der Waals surface area (Å²) < 4.78 is 7.11. The van der Waals surface area contributed by atoms with Crippen molar-refractivity contribution in [2.24, 2.45) is 0 Å². The Morgan fingerprint density at radius 3 is 1.64 bits per heavy atom. The zero-order chi connectivity index (χ0) is 36.8. The van der Waals surface area contributed by atoms with Crippen LogP contribution in [0.1, 0.15) is 22.3 Å². The van der Waals surface area contributed by atoms with Crippen LogP contribution in [-0.2, 0) is 5.41 Å². The number of hydrogen-bond donors (Lipinski definition) is 0. The van der Waals surface area contributed by atoms with Crippen LogP contribution >= 0.6 is 0 Å². The van der Waals surface area contributed by atoms with E-state index >= 15 is 0 Å². The molecule has 260 valence electrons. The van der Waals surface area contributed by atoms with Crippen molar-refractivity contribution < 1.29 is 4.74 Å². The van der Waals surface area contributed by atoms with Crippen LogP contribution in [0, 0.1) is 0 Å². The molecular formula is C53H32N2O. The Bertz CT molecular complexity index is 3140. The van der Waals surface area contributed by atoms with Crippen LogP contribution in [-0.4, -0.2) is 9.97 Å². The third-order valence-electron chi connectivity index (χ3n) is 11.9. The molecule has 12 rings (SSSR count). The molecule has 0 unspecified atom stereocenters. The third-order valence-corrected chi connectivity index (χ3v) is 11.9. The summed E-state index contributed by atoms with van der Waals surface area (Å²) in [5.41, 5.74) is 13.1. The zero-order valence-corrected chi connectivity index (χ0v) is 30.3. The maximum absolute atomic E-state index is 7.11. The van der Waals surface area contributed by atoms with Gasteiger partial charge in [0.15, 0.2) is 5.82 Å². The largest absolute Gasteiger partial charge is 0.455 e. The number of rotatable bonds is 3. The lowest BCUT2D eigenvalue weighted by atomic mass is 9.65. The fraction of sp³-hybridized carbons (Fsp3) is 0.0189. The smallest absolute Gasteiger partial charge is 0.160 e. The lowest BCUT2D eigenvalue weighted by Gasteiger charge is -2.40. The monoisotopic (exact) mass is 712 g/mol. The van der Waals surface area contributed by atoms with Crippen molar-refractivity contribution in [3.63, 3.8) is 0 Å². The Kier molecular flexibility index (Phi) is 6.55. The van der Waals surface area contributed by atoms with Gasteiger partial charge in [-0.15, -0.1) is 0 Å². The van der Waals surface area contributed by atoms with Gasteiger partial charge in [-0.1, -0.05) is 182 Å². The van der Waals surface area contributed by atoms with Crippen LogP contribution < -0.4 is 4.74 Å². The van der Waals surface area contributed by atoms with Crippen molar-refractivity contribution in [2.45, 2.75) is 5.41 Å². The van der Waals surface area contributed by atoms with E-state index in [2.05, 4.69) is 176 Å². The average Bonchev–Trinajstić information content (AvgIpc) is 3.56. The fourth-order valence-electron chi connectivity index (χ4n) is 9.42. The zero-order valence-electron chi connectivity index (χ0n) is 30.3. The highest BCUT2D eigenvalue weighted by Gasteiger charge is 2.51. The normalized spacial score (nSPS) is 13.3. The van der Waals surface area contributed by atoms with Gasteiger partial charge in [0.1, 0.15) is 11.5 Å². The molecule has 0 N–H and O–H groups in total. The molecule has 1 aliphatic carbocycles. The standard InChI is InChI=1S/C53H32N2O/c1-2-14-36(15-3-1)49-42-19-9-11-21-48(42)54-52(55-49)37-24-22-33(23-25-37)38-28-29-45-43(32-38)41-18-8-10-20-44(41)53(45)46-30-26-34-12-4-6-16-39(34)50(46)56-51-40-17-7-5-13-35(40)27-31-47(51)53/h1-32H. The molecule has 1 aliphatic heterocycles. The molecule has 9 aromatic carbocycles. The molecule has 10 aromatic rings. The average molecular weight is 713 g/mol. The predicted molar refractivity (Wildman–Crippen MR) is 228 cm³/mol. The number of ether oxygens (including phenoxy) is 1. The first-order chi connectivity index (χ1) is 27.8. The second-order valence-corrected chi connectivity index (χ2v) is 14.8. The van der Waals surface area contributed by atoms with Gasteiger partial charge in [0.25, 0.3) is 0 Å².